The predicted molar refractivity (Wildman–Crippen MR) is 125 cm³/mol. The van der Waals surface area contributed by atoms with E-state index in [1.54, 1.807) is 29.2 Å². The van der Waals surface area contributed by atoms with Crippen molar-refractivity contribution >= 4 is 51.0 Å². The molecule has 3 atom stereocenters. The second-order valence-electron chi connectivity index (χ2n) is 8.81. The molecule has 3 amide bonds. The standard InChI is InChI=1S/C25H23BrN2O5/c26-16-5-7-17(8-6-16)27-14-15(13-22(27)29)25(32)33-19-11-9-18(10-12-19)28-23(30)20-3-1-2-4-21(20)24(28)31/h5-12,15,20-21H,1-4,13-14H2/t15-,20-,21+/m0/s1. The molecule has 0 bridgehead atoms. The zero-order valence-corrected chi connectivity index (χ0v) is 19.5. The Morgan fingerprint density at radius 2 is 1.42 bits per heavy atom. The summed E-state index contributed by atoms with van der Waals surface area (Å²) in [5, 5.41) is 0. The second kappa shape index (κ2) is 8.74. The first-order valence-electron chi connectivity index (χ1n) is 11.2. The number of ether oxygens (including phenoxy) is 1. The third kappa shape index (κ3) is 4.08. The number of carbonyl (C=O) groups excluding carboxylic acids is 4. The van der Waals surface area contributed by atoms with Crippen LogP contribution in [0.5, 0.6) is 5.75 Å². The molecule has 2 aromatic rings. The highest BCUT2D eigenvalue weighted by atomic mass is 79.9. The summed E-state index contributed by atoms with van der Waals surface area (Å²) in [5.74, 6) is -1.54. The minimum Gasteiger partial charge on any atom is -0.426 e. The lowest BCUT2D eigenvalue weighted by Gasteiger charge is -2.19. The van der Waals surface area contributed by atoms with Gasteiger partial charge >= 0.3 is 5.97 Å². The zero-order chi connectivity index (χ0) is 23.1. The first-order valence-corrected chi connectivity index (χ1v) is 12.0. The van der Waals surface area contributed by atoms with Gasteiger partial charge in [0.1, 0.15) is 5.75 Å². The van der Waals surface area contributed by atoms with E-state index in [4.69, 9.17) is 4.74 Å². The van der Waals surface area contributed by atoms with Crippen LogP contribution in [0.3, 0.4) is 0 Å². The van der Waals surface area contributed by atoms with Crippen molar-refractivity contribution < 1.29 is 23.9 Å². The van der Waals surface area contributed by atoms with Crippen LogP contribution >= 0.6 is 15.9 Å². The molecular formula is C25H23BrN2O5. The lowest BCUT2D eigenvalue weighted by Crippen LogP contribution is -2.30. The molecule has 0 aromatic heterocycles. The highest BCUT2D eigenvalue weighted by Gasteiger charge is 2.48. The Labute approximate surface area is 199 Å². The number of esters is 1. The number of hydrogen-bond acceptors (Lipinski definition) is 5. The molecule has 3 fully saturated rings. The molecule has 0 unspecified atom stereocenters. The monoisotopic (exact) mass is 510 g/mol. The Hall–Kier alpha value is -3.00. The van der Waals surface area contributed by atoms with Crippen molar-refractivity contribution in [1.82, 2.24) is 0 Å². The Morgan fingerprint density at radius 3 is 2.03 bits per heavy atom. The fraction of sp³-hybridized carbons (Fsp3) is 0.360. The molecule has 170 valence electrons. The minimum absolute atomic E-state index is 0.0898. The van der Waals surface area contributed by atoms with Gasteiger partial charge in [-0.2, -0.15) is 0 Å². The van der Waals surface area contributed by atoms with E-state index in [-0.39, 0.29) is 42.5 Å². The summed E-state index contributed by atoms with van der Waals surface area (Å²) in [5.41, 5.74) is 1.24. The van der Waals surface area contributed by atoms with E-state index < -0.39 is 11.9 Å². The summed E-state index contributed by atoms with van der Waals surface area (Å²) in [7, 11) is 0. The number of amides is 3. The average molecular weight is 511 g/mol. The lowest BCUT2D eigenvalue weighted by atomic mass is 9.81. The van der Waals surface area contributed by atoms with E-state index in [1.807, 2.05) is 24.3 Å². The average Bonchev–Trinajstić information content (AvgIpc) is 3.33. The number of hydrogen-bond donors (Lipinski definition) is 0. The van der Waals surface area contributed by atoms with Crippen LogP contribution < -0.4 is 14.5 Å². The van der Waals surface area contributed by atoms with Crippen molar-refractivity contribution in [3.8, 4) is 5.75 Å². The van der Waals surface area contributed by atoms with E-state index in [0.29, 0.717) is 11.4 Å². The molecule has 2 aliphatic heterocycles. The first-order chi connectivity index (χ1) is 15.9. The Kier molecular flexibility index (Phi) is 5.78. The van der Waals surface area contributed by atoms with E-state index in [2.05, 4.69) is 15.9 Å². The fourth-order valence-corrected chi connectivity index (χ4v) is 5.28. The van der Waals surface area contributed by atoms with Gasteiger partial charge in [-0.1, -0.05) is 28.8 Å². The molecule has 0 spiro atoms. The van der Waals surface area contributed by atoms with Crippen LogP contribution in [0.15, 0.2) is 53.0 Å². The van der Waals surface area contributed by atoms with Gasteiger partial charge < -0.3 is 9.64 Å². The van der Waals surface area contributed by atoms with Gasteiger partial charge in [0.25, 0.3) is 0 Å². The molecular weight excluding hydrogens is 488 g/mol. The molecule has 7 nitrogen and oxygen atoms in total. The van der Waals surface area contributed by atoms with Gasteiger partial charge in [-0.15, -0.1) is 0 Å². The highest BCUT2D eigenvalue weighted by molar-refractivity contribution is 9.10. The van der Waals surface area contributed by atoms with E-state index in [9.17, 15) is 19.2 Å². The van der Waals surface area contributed by atoms with Crippen LogP contribution in [0.25, 0.3) is 0 Å². The van der Waals surface area contributed by atoms with Crippen molar-refractivity contribution in [2.24, 2.45) is 17.8 Å². The molecule has 1 saturated carbocycles. The Bertz CT molecular complexity index is 1090. The normalized spacial score (nSPS) is 24.9. The SMILES string of the molecule is O=C(Oc1ccc(N2C(=O)[C@H]3CCCC[C@H]3C2=O)cc1)[C@H]1CC(=O)N(c2ccc(Br)cc2)C1. The van der Waals surface area contributed by atoms with Gasteiger partial charge in [0.05, 0.1) is 23.4 Å². The number of anilines is 2. The minimum atomic E-state index is -0.564. The van der Waals surface area contributed by atoms with Gasteiger partial charge in [-0.25, -0.2) is 0 Å². The van der Waals surface area contributed by atoms with Crippen molar-refractivity contribution in [2.75, 3.05) is 16.3 Å². The second-order valence-corrected chi connectivity index (χ2v) is 9.72. The molecule has 2 heterocycles. The number of fused-ring (bicyclic) bond motifs is 1. The number of rotatable bonds is 4. The van der Waals surface area contributed by atoms with Crippen LogP contribution in [0.2, 0.25) is 0 Å². The van der Waals surface area contributed by atoms with E-state index in [1.165, 1.54) is 4.90 Å². The third-order valence-electron chi connectivity index (χ3n) is 6.75. The van der Waals surface area contributed by atoms with Crippen LogP contribution in [0, 0.1) is 17.8 Å². The molecule has 0 radical (unpaired) electrons. The number of benzene rings is 2. The maximum atomic E-state index is 12.8. The van der Waals surface area contributed by atoms with Crippen LogP contribution in [-0.4, -0.2) is 30.2 Å². The number of carbonyl (C=O) groups is 4. The van der Waals surface area contributed by atoms with Crippen LogP contribution in [0.4, 0.5) is 11.4 Å². The van der Waals surface area contributed by atoms with Crippen LogP contribution in [-0.2, 0) is 19.2 Å². The summed E-state index contributed by atoms with van der Waals surface area (Å²) in [4.78, 5) is 53.5. The summed E-state index contributed by atoms with van der Waals surface area (Å²) >= 11 is 3.37. The molecule has 8 heteroatoms. The van der Waals surface area contributed by atoms with E-state index >= 15 is 0 Å². The van der Waals surface area contributed by atoms with Crippen LogP contribution in [0.1, 0.15) is 32.1 Å². The summed E-state index contributed by atoms with van der Waals surface area (Å²) in [6, 6.07) is 13.8. The summed E-state index contributed by atoms with van der Waals surface area (Å²) in [6.07, 6.45) is 3.57. The summed E-state index contributed by atoms with van der Waals surface area (Å²) < 4.78 is 6.41. The maximum absolute atomic E-state index is 12.8. The predicted octanol–water partition coefficient (Wildman–Crippen LogP) is 4.09. The number of imide groups is 1. The fourth-order valence-electron chi connectivity index (χ4n) is 5.02. The van der Waals surface area contributed by atoms with Gasteiger partial charge in [0.2, 0.25) is 17.7 Å². The first kappa shape index (κ1) is 21.8. The molecule has 1 aliphatic carbocycles. The van der Waals surface area contributed by atoms with Gasteiger partial charge in [-0.3, -0.25) is 24.1 Å². The molecule has 2 saturated heterocycles. The molecule has 0 N–H and O–H groups in total. The van der Waals surface area contributed by atoms with Gasteiger partial charge in [-0.05, 0) is 61.4 Å². The number of nitrogens with zero attached hydrogens (tertiary/aromatic N) is 2. The molecule has 3 aliphatic rings. The highest BCUT2D eigenvalue weighted by Crippen LogP contribution is 2.40. The van der Waals surface area contributed by atoms with Crippen molar-refractivity contribution in [3.63, 3.8) is 0 Å². The zero-order valence-electron chi connectivity index (χ0n) is 17.9. The van der Waals surface area contributed by atoms with Crippen molar-refractivity contribution in [3.05, 3.63) is 53.0 Å². The third-order valence-corrected chi connectivity index (χ3v) is 7.28. The smallest absolute Gasteiger partial charge is 0.316 e. The lowest BCUT2D eigenvalue weighted by molar-refractivity contribution is -0.139. The topological polar surface area (TPSA) is 84.0 Å². The van der Waals surface area contributed by atoms with Crippen molar-refractivity contribution in [2.45, 2.75) is 32.1 Å². The summed E-state index contributed by atoms with van der Waals surface area (Å²) in [6.45, 7) is 0.261. The molecule has 2 aromatic carbocycles. The van der Waals surface area contributed by atoms with Gasteiger partial charge in [0.15, 0.2) is 0 Å². The van der Waals surface area contributed by atoms with Crippen molar-refractivity contribution in [1.29, 1.82) is 0 Å². The maximum Gasteiger partial charge on any atom is 0.316 e. The largest absolute Gasteiger partial charge is 0.426 e. The Balaban J connectivity index is 1.24. The van der Waals surface area contributed by atoms with Gasteiger partial charge in [0, 0.05) is 23.1 Å². The molecule has 5 rings (SSSR count). The quantitative estimate of drug-likeness (QED) is 0.351. The van der Waals surface area contributed by atoms with E-state index in [0.717, 1.165) is 35.8 Å². The number of halogens is 1. The molecule has 33 heavy (non-hydrogen) atoms. The Morgan fingerprint density at radius 1 is 0.848 bits per heavy atom.